The van der Waals surface area contributed by atoms with E-state index < -0.39 is 38.6 Å². The summed E-state index contributed by atoms with van der Waals surface area (Å²) in [6.45, 7) is 3.93. The SMILES string of the molecule is CCCCCCCCCC/C=C/CC/C=C/CC/C=C/C(O)C(COP(=O)(O)OCCN)NC(=O)CC(O)CCCCC/C=C\CCCCCCCCCCC. The quantitative estimate of drug-likeness (QED) is 0.0232. The summed E-state index contributed by atoms with van der Waals surface area (Å²) in [6, 6.07) is -1.01. The highest BCUT2D eigenvalue weighted by Gasteiger charge is 2.27. The van der Waals surface area contributed by atoms with Crippen molar-refractivity contribution < 1.29 is 33.5 Å². The molecule has 10 heteroatoms. The van der Waals surface area contributed by atoms with Crippen molar-refractivity contribution in [1.82, 2.24) is 5.32 Å². The van der Waals surface area contributed by atoms with Gasteiger partial charge in [0.05, 0.1) is 37.9 Å². The van der Waals surface area contributed by atoms with Crippen molar-refractivity contribution in [3.8, 4) is 0 Å². The Kier molecular flexibility index (Phi) is 40.4. The molecule has 6 N–H and O–H groups in total. The maximum atomic E-state index is 12.8. The Morgan fingerprint density at radius 1 is 0.607 bits per heavy atom. The predicted octanol–water partition coefficient (Wildman–Crippen LogP) is 11.9. The summed E-state index contributed by atoms with van der Waals surface area (Å²) < 4.78 is 22.1. The van der Waals surface area contributed by atoms with E-state index in [2.05, 4.69) is 55.6 Å². The number of carbonyl (C=O) groups excluding carboxylic acids is 1. The number of nitrogens with two attached hydrogens (primary N) is 1. The number of amides is 1. The topological polar surface area (TPSA) is 151 Å². The molecule has 4 atom stereocenters. The van der Waals surface area contributed by atoms with Crippen LogP contribution in [0.5, 0.6) is 0 Å². The van der Waals surface area contributed by atoms with Crippen LogP contribution in [0.4, 0.5) is 0 Å². The maximum Gasteiger partial charge on any atom is 0.472 e. The number of nitrogens with one attached hydrogen (secondary N) is 1. The molecule has 0 bridgehead atoms. The third kappa shape index (κ3) is 39.3. The van der Waals surface area contributed by atoms with Gasteiger partial charge < -0.3 is 26.2 Å². The number of allylic oxidation sites excluding steroid dienone is 7. The molecule has 0 radical (unpaired) electrons. The molecular formula is C46H87N2O7P. The van der Waals surface area contributed by atoms with E-state index in [0.717, 1.165) is 57.8 Å². The van der Waals surface area contributed by atoms with E-state index in [4.69, 9.17) is 14.8 Å². The van der Waals surface area contributed by atoms with Crippen LogP contribution in [-0.2, 0) is 18.4 Å². The molecule has 0 aliphatic heterocycles. The van der Waals surface area contributed by atoms with Gasteiger partial charge >= 0.3 is 7.82 Å². The molecule has 0 aliphatic carbocycles. The normalized spacial score (nSPS) is 15.0. The molecule has 0 fully saturated rings. The summed E-state index contributed by atoms with van der Waals surface area (Å²) in [4.78, 5) is 22.8. The van der Waals surface area contributed by atoms with Crippen LogP contribution in [0, 0.1) is 0 Å². The summed E-state index contributed by atoms with van der Waals surface area (Å²) in [5, 5.41) is 24.0. The van der Waals surface area contributed by atoms with Crippen LogP contribution in [0.25, 0.3) is 0 Å². The van der Waals surface area contributed by atoms with Crippen LogP contribution < -0.4 is 11.1 Å². The van der Waals surface area contributed by atoms with Crippen molar-refractivity contribution in [1.29, 1.82) is 0 Å². The van der Waals surface area contributed by atoms with Gasteiger partial charge in [-0.3, -0.25) is 13.8 Å². The standard InChI is InChI=1S/C46H87N2O7P/c1-3-5-7-9-11-13-15-17-19-21-22-24-26-28-30-32-34-36-38-45(50)44(42-55-56(52,53)54-40-39-47)48-46(51)41-43(49)37-35-33-31-29-27-25-23-20-18-16-14-12-10-8-6-4-2/h21-22,25,27-28,30,36,38,43-45,49-50H,3-20,23-24,26,29,31-35,37,39-42,47H2,1-2H3,(H,48,51)(H,52,53)/b22-21+,27-25-,30-28+,38-36+. The van der Waals surface area contributed by atoms with Crippen molar-refractivity contribution in [3.05, 3.63) is 48.6 Å². The minimum absolute atomic E-state index is 0.0396. The molecule has 0 heterocycles. The molecule has 9 nitrogen and oxygen atoms in total. The van der Waals surface area contributed by atoms with E-state index in [1.165, 1.54) is 109 Å². The molecule has 56 heavy (non-hydrogen) atoms. The van der Waals surface area contributed by atoms with E-state index in [-0.39, 0.29) is 19.6 Å². The van der Waals surface area contributed by atoms with E-state index in [0.29, 0.717) is 12.8 Å². The highest BCUT2D eigenvalue weighted by atomic mass is 31.2. The summed E-state index contributed by atoms with van der Waals surface area (Å²) in [5.74, 6) is -0.469. The second-order valence-corrected chi connectivity index (χ2v) is 16.9. The minimum Gasteiger partial charge on any atom is -0.393 e. The second kappa shape index (κ2) is 41.6. The molecular weight excluding hydrogens is 723 g/mol. The number of unbranched alkanes of at least 4 members (excludes halogenated alkanes) is 22. The fourth-order valence-corrected chi connectivity index (χ4v) is 7.20. The Morgan fingerprint density at radius 3 is 1.48 bits per heavy atom. The number of hydrogen-bond donors (Lipinski definition) is 5. The molecule has 0 aromatic carbocycles. The number of carbonyl (C=O) groups is 1. The molecule has 0 saturated carbocycles. The molecule has 1 amide bonds. The lowest BCUT2D eigenvalue weighted by Gasteiger charge is -2.24. The Balaban J connectivity index is 4.40. The zero-order chi connectivity index (χ0) is 41.2. The van der Waals surface area contributed by atoms with Gasteiger partial charge in [-0.2, -0.15) is 0 Å². The lowest BCUT2D eigenvalue weighted by Crippen LogP contribution is -2.46. The molecule has 328 valence electrons. The molecule has 0 aliphatic rings. The Morgan fingerprint density at radius 2 is 1.02 bits per heavy atom. The number of aliphatic hydroxyl groups excluding tert-OH is 2. The van der Waals surface area contributed by atoms with E-state index >= 15 is 0 Å². The monoisotopic (exact) mass is 811 g/mol. The number of phosphoric ester groups is 1. The van der Waals surface area contributed by atoms with Crippen LogP contribution in [-0.4, -0.2) is 59.0 Å². The first-order valence-electron chi connectivity index (χ1n) is 22.8. The van der Waals surface area contributed by atoms with Gasteiger partial charge in [0.2, 0.25) is 5.91 Å². The number of rotatable bonds is 42. The van der Waals surface area contributed by atoms with Crippen molar-refractivity contribution >= 4 is 13.7 Å². The number of hydrogen-bond acceptors (Lipinski definition) is 7. The number of phosphoric acid groups is 1. The average Bonchev–Trinajstić information content (AvgIpc) is 3.17. The first kappa shape index (κ1) is 54.4. The lowest BCUT2D eigenvalue weighted by atomic mass is 10.0. The van der Waals surface area contributed by atoms with Gasteiger partial charge in [0.1, 0.15) is 0 Å². The third-order valence-electron chi connectivity index (χ3n) is 9.91. The summed E-state index contributed by atoms with van der Waals surface area (Å²) in [6.07, 6.45) is 47.7. The van der Waals surface area contributed by atoms with Crippen molar-refractivity contribution in [2.75, 3.05) is 19.8 Å². The van der Waals surface area contributed by atoms with Crippen LogP contribution in [0.2, 0.25) is 0 Å². The minimum atomic E-state index is -4.42. The maximum absolute atomic E-state index is 12.8. The van der Waals surface area contributed by atoms with Gasteiger partial charge in [-0.15, -0.1) is 0 Å². The number of aliphatic hydroxyl groups is 2. The fraction of sp³-hybridized carbons (Fsp3) is 0.804. The van der Waals surface area contributed by atoms with E-state index in [9.17, 15) is 24.5 Å². The third-order valence-corrected chi connectivity index (χ3v) is 10.9. The smallest absolute Gasteiger partial charge is 0.393 e. The van der Waals surface area contributed by atoms with Gasteiger partial charge in [-0.1, -0.05) is 172 Å². The second-order valence-electron chi connectivity index (χ2n) is 15.4. The summed E-state index contributed by atoms with van der Waals surface area (Å²) >= 11 is 0. The molecule has 0 rings (SSSR count). The average molecular weight is 811 g/mol. The molecule has 0 spiro atoms. The Hall–Kier alpha value is -1.58. The highest BCUT2D eigenvalue weighted by molar-refractivity contribution is 7.47. The molecule has 0 aromatic heterocycles. The van der Waals surface area contributed by atoms with Crippen LogP contribution in [0.15, 0.2) is 48.6 Å². The Labute approximate surface area is 344 Å². The first-order valence-corrected chi connectivity index (χ1v) is 24.3. The van der Waals surface area contributed by atoms with E-state index in [1.54, 1.807) is 6.08 Å². The first-order chi connectivity index (χ1) is 27.3. The van der Waals surface area contributed by atoms with Crippen molar-refractivity contribution in [2.45, 2.75) is 218 Å². The van der Waals surface area contributed by atoms with Gasteiger partial charge in [-0.25, -0.2) is 4.57 Å². The van der Waals surface area contributed by atoms with Gasteiger partial charge in [-0.05, 0) is 70.6 Å². The summed E-state index contributed by atoms with van der Waals surface area (Å²) in [5.41, 5.74) is 5.36. The Bertz CT molecular complexity index is 1030. The van der Waals surface area contributed by atoms with Crippen LogP contribution >= 0.6 is 7.82 Å². The van der Waals surface area contributed by atoms with Crippen molar-refractivity contribution in [3.63, 3.8) is 0 Å². The zero-order valence-corrected chi connectivity index (χ0v) is 36.9. The molecule has 4 unspecified atom stereocenters. The molecule has 0 saturated heterocycles. The van der Waals surface area contributed by atoms with Gasteiger partial charge in [0.15, 0.2) is 0 Å². The lowest BCUT2D eigenvalue weighted by molar-refractivity contribution is -0.124. The predicted molar refractivity (Wildman–Crippen MR) is 237 cm³/mol. The van der Waals surface area contributed by atoms with E-state index in [1.807, 2.05) is 6.08 Å². The van der Waals surface area contributed by atoms with Crippen LogP contribution in [0.1, 0.15) is 200 Å². The highest BCUT2D eigenvalue weighted by Crippen LogP contribution is 2.43. The zero-order valence-electron chi connectivity index (χ0n) is 36.0. The largest absolute Gasteiger partial charge is 0.472 e. The fourth-order valence-electron chi connectivity index (χ4n) is 6.44. The molecule has 0 aromatic rings. The van der Waals surface area contributed by atoms with Crippen LogP contribution in [0.3, 0.4) is 0 Å². The van der Waals surface area contributed by atoms with Crippen molar-refractivity contribution in [2.24, 2.45) is 5.73 Å². The van der Waals surface area contributed by atoms with Gasteiger partial charge in [0.25, 0.3) is 0 Å². The van der Waals surface area contributed by atoms with Gasteiger partial charge in [0, 0.05) is 6.54 Å². The summed E-state index contributed by atoms with van der Waals surface area (Å²) in [7, 11) is -4.42.